The second kappa shape index (κ2) is 5.35. The summed E-state index contributed by atoms with van der Waals surface area (Å²) in [5.74, 6) is 0.167. The molecule has 0 aromatic carbocycles. The van der Waals surface area contributed by atoms with E-state index in [-0.39, 0.29) is 11.6 Å². The Bertz CT molecular complexity index is 613. The number of aromatic nitrogens is 2. The van der Waals surface area contributed by atoms with Gasteiger partial charge in [0.1, 0.15) is 0 Å². The summed E-state index contributed by atoms with van der Waals surface area (Å²) in [5.41, 5.74) is 0.463. The summed E-state index contributed by atoms with van der Waals surface area (Å²) >= 11 is 0. The number of halogens is 3. The molecule has 0 radical (unpaired) electrons. The van der Waals surface area contributed by atoms with E-state index in [1.807, 2.05) is 18.2 Å². The molecule has 0 spiro atoms. The highest BCUT2D eigenvalue weighted by Crippen LogP contribution is 2.38. The smallest absolute Gasteiger partial charge is 0.370 e. The van der Waals surface area contributed by atoms with E-state index in [0.29, 0.717) is 13.1 Å². The molecule has 6 heteroatoms. The molecule has 110 valence electrons. The van der Waals surface area contributed by atoms with Crippen molar-refractivity contribution in [2.45, 2.75) is 18.5 Å². The van der Waals surface area contributed by atoms with Gasteiger partial charge < -0.3 is 4.90 Å². The van der Waals surface area contributed by atoms with E-state index in [4.69, 9.17) is 0 Å². The SMILES string of the molecule is FC(F)(F)c1cnccc1N1CCC(c2ccccn2)C1. The fraction of sp³-hybridized carbons (Fsp3) is 0.333. The third-order valence-electron chi connectivity index (χ3n) is 3.74. The van der Waals surface area contributed by atoms with Gasteiger partial charge in [0.15, 0.2) is 0 Å². The third-order valence-corrected chi connectivity index (χ3v) is 3.74. The zero-order valence-corrected chi connectivity index (χ0v) is 11.2. The minimum absolute atomic E-state index is 0.167. The van der Waals surface area contributed by atoms with Crippen LogP contribution in [0.1, 0.15) is 23.6 Å². The van der Waals surface area contributed by atoms with Gasteiger partial charge in [0.05, 0.1) is 11.3 Å². The normalized spacial score (nSPS) is 19.0. The first-order valence-corrected chi connectivity index (χ1v) is 6.73. The van der Waals surface area contributed by atoms with Gasteiger partial charge >= 0.3 is 6.18 Å². The van der Waals surface area contributed by atoms with Crippen molar-refractivity contribution in [1.29, 1.82) is 0 Å². The number of nitrogens with zero attached hydrogens (tertiary/aromatic N) is 3. The Morgan fingerprint density at radius 1 is 1.14 bits per heavy atom. The molecular formula is C15H14F3N3. The first-order chi connectivity index (χ1) is 10.1. The highest BCUT2D eigenvalue weighted by atomic mass is 19.4. The Kier molecular flexibility index (Phi) is 3.53. The van der Waals surface area contributed by atoms with Crippen LogP contribution in [-0.2, 0) is 6.18 Å². The fourth-order valence-corrected chi connectivity index (χ4v) is 2.72. The lowest BCUT2D eigenvalue weighted by atomic mass is 10.0. The highest BCUT2D eigenvalue weighted by Gasteiger charge is 2.37. The topological polar surface area (TPSA) is 29.0 Å². The molecule has 1 fully saturated rings. The van der Waals surface area contributed by atoms with Gasteiger partial charge in [0, 0.05) is 43.3 Å². The molecule has 3 rings (SSSR count). The maximum Gasteiger partial charge on any atom is 0.419 e. The van der Waals surface area contributed by atoms with Crippen LogP contribution in [-0.4, -0.2) is 23.1 Å². The predicted octanol–water partition coefficient (Wildman–Crippen LogP) is 3.49. The van der Waals surface area contributed by atoms with Crippen LogP contribution in [0.2, 0.25) is 0 Å². The van der Waals surface area contributed by atoms with Gasteiger partial charge in [-0.1, -0.05) is 6.07 Å². The molecule has 1 aliphatic heterocycles. The van der Waals surface area contributed by atoms with Crippen LogP contribution >= 0.6 is 0 Å². The van der Waals surface area contributed by atoms with Crippen LogP contribution in [0.5, 0.6) is 0 Å². The van der Waals surface area contributed by atoms with Gasteiger partial charge in [-0.15, -0.1) is 0 Å². The molecule has 0 bridgehead atoms. The summed E-state index contributed by atoms with van der Waals surface area (Å²) in [6.07, 6.45) is 0.428. The van der Waals surface area contributed by atoms with Gasteiger partial charge in [-0.3, -0.25) is 9.97 Å². The third kappa shape index (κ3) is 2.84. The summed E-state index contributed by atoms with van der Waals surface area (Å²) in [6, 6.07) is 7.09. The lowest BCUT2D eigenvalue weighted by molar-refractivity contribution is -0.137. The summed E-state index contributed by atoms with van der Waals surface area (Å²) < 4.78 is 39.1. The van der Waals surface area contributed by atoms with Gasteiger partial charge in [0.2, 0.25) is 0 Å². The molecule has 0 saturated carbocycles. The average molecular weight is 293 g/mol. The molecule has 0 amide bonds. The van der Waals surface area contributed by atoms with Gasteiger partial charge in [0.25, 0.3) is 0 Å². The monoisotopic (exact) mass is 293 g/mol. The second-order valence-electron chi connectivity index (χ2n) is 5.08. The van der Waals surface area contributed by atoms with Crippen LogP contribution in [0.25, 0.3) is 0 Å². The van der Waals surface area contributed by atoms with Crippen molar-refractivity contribution in [3.63, 3.8) is 0 Å². The average Bonchev–Trinajstić information content (AvgIpc) is 2.97. The number of hydrogen-bond acceptors (Lipinski definition) is 3. The summed E-state index contributed by atoms with van der Waals surface area (Å²) in [4.78, 5) is 9.67. The Hall–Kier alpha value is -2.11. The van der Waals surface area contributed by atoms with Crippen molar-refractivity contribution in [2.24, 2.45) is 0 Å². The molecule has 1 saturated heterocycles. The highest BCUT2D eigenvalue weighted by molar-refractivity contribution is 5.54. The Labute approximate surface area is 120 Å². The molecular weight excluding hydrogens is 279 g/mol. The number of hydrogen-bond donors (Lipinski definition) is 0. The molecule has 3 nitrogen and oxygen atoms in total. The Morgan fingerprint density at radius 3 is 2.71 bits per heavy atom. The summed E-state index contributed by atoms with van der Waals surface area (Å²) in [6.45, 7) is 1.14. The summed E-state index contributed by atoms with van der Waals surface area (Å²) in [5, 5.41) is 0. The number of alkyl halides is 3. The van der Waals surface area contributed by atoms with Crippen molar-refractivity contribution in [2.75, 3.05) is 18.0 Å². The molecule has 0 N–H and O–H groups in total. The minimum atomic E-state index is -4.38. The first kappa shape index (κ1) is 13.9. The van der Waals surface area contributed by atoms with Gasteiger partial charge in [-0.2, -0.15) is 13.2 Å². The fourth-order valence-electron chi connectivity index (χ4n) is 2.72. The van der Waals surface area contributed by atoms with Crippen LogP contribution in [0.3, 0.4) is 0 Å². The van der Waals surface area contributed by atoms with Gasteiger partial charge in [-0.05, 0) is 24.6 Å². The maximum atomic E-state index is 13.0. The summed E-state index contributed by atoms with van der Waals surface area (Å²) in [7, 11) is 0. The molecule has 2 aromatic heterocycles. The molecule has 1 aliphatic rings. The number of rotatable bonds is 2. The molecule has 3 heterocycles. The molecule has 1 atom stereocenters. The minimum Gasteiger partial charge on any atom is -0.370 e. The van der Waals surface area contributed by atoms with Crippen molar-refractivity contribution in [3.05, 3.63) is 54.1 Å². The largest absolute Gasteiger partial charge is 0.419 e. The van der Waals surface area contributed by atoms with Crippen LogP contribution in [0.4, 0.5) is 18.9 Å². The standard InChI is InChI=1S/C15H14F3N3/c16-15(17,18)12-9-19-7-4-14(12)21-8-5-11(10-21)13-3-1-2-6-20-13/h1-4,6-7,9,11H,5,8,10H2. The van der Waals surface area contributed by atoms with E-state index in [9.17, 15) is 13.2 Å². The van der Waals surface area contributed by atoms with E-state index < -0.39 is 11.7 Å². The molecule has 2 aromatic rings. The second-order valence-corrected chi connectivity index (χ2v) is 5.08. The molecule has 1 unspecified atom stereocenters. The van der Waals surface area contributed by atoms with E-state index in [2.05, 4.69) is 9.97 Å². The zero-order valence-electron chi connectivity index (χ0n) is 11.2. The molecule has 0 aliphatic carbocycles. The van der Waals surface area contributed by atoms with Crippen molar-refractivity contribution in [3.8, 4) is 0 Å². The van der Waals surface area contributed by atoms with Crippen LogP contribution in [0.15, 0.2) is 42.9 Å². The van der Waals surface area contributed by atoms with E-state index >= 15 is 0 Å². The Morgan fingerprint density at radius 2 is 2.00 bits per heavy atom. The lowest BCUT2D eigenvalue weighted by Crippen LogP contribution is -2.23. The van der Waals surface area contributed by atoms with E-state index in [0.717, 1.165) is 18.3 Å². The van der Waals surface area contributed by atoms with Crippen LogP contribution < -0.4 is 4.90 Å². The lowest BCUT2D eigenvalue weighted by Gasteiger charge is -2.22. The number of anilines is 1. The van der Waals surface area contributed by atoms with E-state index in [1.165, 1.54) is 12.3 Å². The quantitative estimate of drug-likeness (QED) is 0.848. The molecule has 21 heavy (non-hydrogen) atoms. The van der Waals surface area contributed by atoms with Crippen molar-refractivity contribution >= 4 is 5.69 Å². The maximum absolute atomic E-state index is 13.0. The van der Waals surface area contributed by atoms with E-state index in [1.54, 1.807) is 11.1 Å². The first-order valence-electron chi connectivity index (χ1n) is 6.73. The van der Waals surface area contributed by atoms with Crippen LogP contribution in [0, 0.1) is 0 Å². The van der Waals surface area contributed by atoms with Crippen molar-refractivity contribution < 1.29 is 13.2 Å². The predicted molar refractivity (Wildman–Crippen MR) is 73.0 cm³/mol. The Balaban J connectivity index is 1.84. The number of pyridine rings is 2. The van der Waals surface area contributed by atoms with Gasteiger partial charge in [-0.25, -0.2) is 0 Å². The zero-order chi connectivity index (χ0) is 14.9. The van der Waals surface area contributed by atoms with Crippen molar-refractivity contribution in [1.82, 2.24) is 9.97 Å².